The highest BCUT2D eigenvalue weighted by atomic mass is 79.9. The van der Waals surface area contributed by atoms with Gasteiger partial charge in [-0.1, -0.05) is 53.5 Å². The number of urea groups is 1. The average Bonchev–Trinajstić information content (AvgIpc) is 3.65. The molecule has 2 aliphatic rings. The molecule has 0 spiro atoms. The molecule has 4 unspecified atom stereocenters. The summed E-state index contributed by atoms with van der Waals surface area (Å²) in [5.74, 6) is -1.73. The third-order valence-corrected chi connectivity index (χ3v) is 7.96. The lowest BCUT2D eigenvalue weighted by Gasteiger charge is -2.35. The first-order valence-corrected chi connectivity index (χ1v) is 15.4. The molecule has 238 valence electrons. The van der Waals surface area contributed by atoms with Crippen molar-refractivity contribution in [2.75, 3.05) is 6.54 Å². The first-order chi connectivity index (χ1) is 20.1. The van der Waals surface area contributed by atoms with Gasteiger partial charge in [-0.2, -0.15) is 0 Å². The molecule has 1 aromatic heterocycles. The lowest BCUT2D eigenvalue weighted by molar-refractivity contribution is -0.137. The van der Waals surface area contributed by atoms with Crippen molar-refractivity contribution < 1.29 is 28.8 Å². The molecule has 1 saturated carbocycles. The van der Waals surface area contributed by atoms with E-state index in [0.717, 1.165) is 25.7 Å². The van der Waals surface area contributed by atoms with Crippen molar-refractivity contribution in [3.05, 3.63) is 28.5 Å². The predicted molar refractivity (Wildman–Crippen MR) is 165 cm³/mol. The summed E-state index contributed by atoms with van der Waals surface area (Å²) < 4.78 is 0.554. The lowest BCUT2D eigenvalue weighted by atomic mass is 9.85. The van der Waals surface area contributed by atoms with Gasteiger partial charge in [-0.25, -0.2) is 9.78 Å². The van der Waals surface area contributed by atoms with Gasteiger partial charge in [0.05, 0.1) is 12.1 Å². The van der Waals surface area contributed by atoms with Crippen LogP contribution in [0.25, 0.3) is 0 Å². The van der Waals surface area contributed by atoms with Gasteiger partial charge in [0.15, 0.2) is 0 Å². The number of halogens is 1. The highest BCUT2D eigenvalue weighted by molar-refractivity contribution is 9.10. The van der Waals surface area contributed by atoms with Crippen LogP contribution < -0.4 is 21.7 Å². The Morgan fingerprint density at radius 3 is 2.23 bits per heavy atom. The van der Waals surface area contributed by atoms with E-state index in [1.54, 1.807) is 18.2 Å². The van der Waals surface area contributed by atoms with Crippen LogP contribution >= 0.6 is 15.9 Å². The molecule has 1 saturated heterocycles. The number of nitrogens with zero attached hydrogens (tertiary/aromatic N) is 2. The summed E-state index contributed by atoms with van der Waals surface area (Å²) in [7, 11) is 0. The van der Waals surface area contributed by atoms with E-state index in [1.807, 2.05) is 46.4 Å². The van der Waals surface area contributed by atoms with E-state index in [-0.39, 0.29) is 29.3 Å². The number of carbonyl (C=O) groups excluding carboxylic acids is 6. The summed E-state index contributed by atoms with van der Waals surface area (Å²) in [5, 5.41) is 7.91. The molecule has 1 aliphatic carbocycles. The molecular weight excluding hydrogens is 620 g/mol. The number of aromatic nitrogens is 1. The van der Waals surface area contributed by atoms with Crippen molar-refractivity contribution >= 4 is 51.8 Å². The molecule has 4 atom stereocenters. The van der Waals surface area contributed by atoms with Crippen LogP contribution in [-0.2, 0) is 19.2 Å². The van der Waals surface area contributed by atoms with Crippen molar-refractivity contribution in [3.8, 4) is 0 Å². The van der Waals surface area contributed by atoms with Gasteiger partial charge < -0.3 is 26.6 Å². The Morgan fingerprint density at radius 2 is 1.77 bits per heavy atom. The average molecular weight is 666 g/mol. The largest absolute Gasteiger partial charge is 0.363 e. The lowest BCUT2D eigenvalue weighted by Crippen LogP contribution is -2.59. The van der Waals surface area contributed by atoms with Crippen molar-refractivity contribution in [2.45, 2.75) is 97.8 Å². The van der Waals surface area contributed by atoms with Crippen LogP contribution in [0.2, 0.25) is 0 Å². The maximum Gasteiger partial charge on any atom is 0.316 e. The molecule has 2 heterocycles. The maximum absolute atomic E-state index is 13.2. The zero-order valence-corrected chi connectivity index (χ0v) is 27.4. The van der Waals surface area contributed by atoms with Gasteiger partial charge in [0.1, 0.15) is 16.3 Å². The highest BCUT2D eigenvalue weighted by Crippen LogP contribution is 2.33. The van der Waals surface area contributed by atoms with Crippen LogP contribution in [0.15, 0.2) is 22.8 Å². The smallest absolute Gasteiger partial charge is 0.316 e. The second kappa shape index (κ2) is 15.9. The van der Waals surface area contributed by atoms with Crippen molar-refractivity contribution in [3.63, 3.8) is 0 Å². The molecule has 13 heteroatoms. The van der Waals surface area contributed by atoms with Crippen LogP contribution in [0.4, 0.5) is 4.79 Å². The second-order valence-corrected chi connectivity index (χ2v) is 13.4. The van der Waals surface area contributed by atoms with E-state index in [4.69, 9.17) is 5.73 Å². The number of primary amides is 1. The predicted octanol–water partition coefficient (Wildman–Crippen LogP) is 2.73. The summed E-state index contributed by atoms with van der Waals surface area (Å²) in [6.07, 6.45) is 5.01. The summed E-state index contributed by atoms with van der Waals surface area (Å²) >= 11 is 3.27. The number of Topliss-reactive ketones (excluding diaryl/α,β-unsaturated/α-hetero) is 2. The van der Waals surface area contributed by atoms with E-state index in [2.05, 4.69) is 36.9 Å². The van der Waals surface area contributed by atoms with Crippen LogP contribution in [0, 0.1) is 17.3 Å². The molecule has 1 aliphatic heterocycles. The van der Waals surface area contributed by atoms with Crippen LogP contribution in [0.3, 0.4) is 0 Å². The molecule has 12 nitrogen and oxygen atoms in total. The highest BCUT2D eigenvalue weighted by Gasteiger charge is 2.39. The van der Waals surface area contributed by atoms with Crippen LogP contribution in [0.5, 0.6) is 0 Å². The number of rotatable bonds is 12. The number of pyridine rings is 1. The normalized spacial score (nSPS) is 18.4. The number of hydrogen-bond acceptors (Lipinski definition) is 7. The summed E-state index contributed by atoms with van der Waals surface area (Å²) in [5.41, 5.74) is 4.62. The van der Waals surface area contributed by atoms with E-state index in [0.29, 0.717) is 29.9 Å². The fraction of sp³-hybridized carbons (Fsp3) is 0.633. The Balaban J connectivity index is 0.000000413. The number of nitrogens with one attached hydrogen (secondary N) is 3. The first kappa shape index (κ1) is 35.8. The molecule has 0 aromatic carbocycles. The Bertz CT molecular complexity index is 1180. The van der Waals surface area contributed by atoms with E-state index in [9.17, 15) is 28.8 Å². The van der Waals surface area contributed by atoms with Crippen LogP contribution in [-0.4, -0.2) is 76.4 Å². The topological polar surface area (TPSA) is 181 Å². The maximum atomic E-state index is 13.2. The third-order valence-electron chi connectivity index (χ3n) is 7.52. The Hall–Kier alpha value is -3.35. The zero-order chi connectivity index (χ0) is 32.5. The summed E-state index contributed by atoms with van der Waals surface area (Å²) in [4.78, 5) is 76.7. The zero-order valence-electron chi connectivity index (χ0n) is 25.8. The number of likely N-dealkylation sites (tertiary alicyclic amines) is 1. The Kier molecular flexibility index (Phi) is 13.3. The molecule has 1 aromatic rings. The molecule has 0 radical (unpaired) electrons. The summed E-state index contributed by atoms with van der Waals surface area (Å²) in [6.45, 7) is 12.2. The van der Waals surface area contributed by atoms with Gasteiger partial charge in [0.25, 0.3) is 5.91 Å². The quantitative estimate of drug-likeness (QED) is 0.115. The Morgan fingerprint density at radius 1 is 1.12 bits per heavy atom. The van der Waals surface area contributed by atoms with E-state index in [1.165, 1.54) is 0 Å². The monoisotopic (exact) mass is 664 g/mol. The number of carbonyl (C=O) groups is 6. The number of nitrogens with two attached hydrogens (primary N) is 1. The standard InChI is InChI=1S/C22H33BrN4O3.C8H12N2O3/c1-13(2)17(18(28)15-10-7-11-16(23)24-15)25-21(30)26-19(22(4,5)6)20(29)27-12-8-9-14(27)3;9-8(13)7(12)6(10-4-11)3-5-1-2-5/h7,10-11,13-14,17,19H,8-9,12H2,1-6H3,(H2,25,26,30);4-6H,1-3H2,(H2,9,13)(H,10,11). The molecule has 5 amide bonds. The summed E-state index contributed by atoms with van der Waals surface area (Å²) in [6, 6.07) is 2.56. The SMILES string of the molecule is CC(C)C(NC(=O)NC(C(=O)N1CCCC1C)C(C)(C)C)C(=O)c1cccc(Br)n1.NC(=O)C(=O)C(CC1CC1)NC=O. The van der Waals surface area contributed by atoms with Crippen molar-refractivity contribution in [1.29, 1.82) is 0 Å². The first-order valence-electron chi connectivity index (χ1n) is 14.6. The fourth-order valence-corrected chi connectivity index (χ4v) is 5.16. The van der Waals surface area contributed by atoms with Gasteiger partial charge in [0.2, 0.25) is 23.9 Å². The van der Waals surface area contributed by atoms with Gasteiger partial charge in [-0.05, 0) is 71.5 Å². The molecule has 2 fully saturated rings. The molecule has 3 rings (SSSR count). The molecular formula is C30H45BrN6O6. The second-order valence-electron chi connectivity index (χ2n) is 12.6. The van der Waals surface area contributed by atoms with Crippen LogP contribution in [0.1, 0.15) is 84.1 Å². The number of ketones is 2. The van der Waals surface area contributed by atoms with Gasteiger partial charge in [-0.15, -0.1) is 0 Å². The van der Waals surface area contributed by atoms with Crippen molar-refractivity contribution in [2.24, 2.45) is 23.0 Å². The van der Waals surface area contributed by atoms with Gasteiger partial charge in [-0.3, -0.25) is 24.0 Å². The fourth-order valence-electron chi connectivity index (χ4n) is 4.82. The number of amides is 5. The van der Waals surface area contributed by atoms with Gasteiger partial charge in [0, 0.05) is 12.6 Å². The van der Waals surface area contributed by atoms with E-state index >= 15 is 0 Å². The number of hydrogen-bond donors (Lipinski definition) is 4. The minimum atomic E-state index is -0.986. The molecule has 43 heavy (non-hydrogen) atoms. The minimum absolute atomic E-state index is 0.0799. The third kappa shape index (κ3) is 11.0. The van der Waals surface area contributed by atoms with Crippen molar-refractivity contribution in [1.82, 2.24) is 25.8 Å². The van der Waals surface area contributed by atoms with E-state index < -0.39 is 41.3 Å². The minimum Gasteiger partial charge on any atom is -0.363 e. The molecule has 0 bridgehead atoms. The molecule has 5 N–H and O–H groups in total. The Labute approximate surface area is 261 Å². The van der Waals surface area contributed by atoms with Gasteiger partial charge >= 0.3 is 6.03 Å².